The number of hydrogen-bond acceptors (Lipinski definition) is 6. The number of aryl methyl sites for hydroxylation is 2. The van der Waals surface area contributed by atoms with Crippen molar-refractivity contribution in [1.82, 2.24) is 15.1 Å². The number of nitrogens with two attached hydrogens (primary N) is 1. The number of carbonyl (C=O) groups is 2. The van der Waals surface area contributed by atoms with E-state index in [1.165, 1.54) is 0 Å². The summed E-state index contributed by atoms with van der Waals surface area (Å²) in [5.41, 5.74) is 9.31. The van der Waals surface area contributed by atoms with Crippen LogP contribution >= 0.6 is 0 Å². The van der Waals surface area contributed by atoms with E-state index in [1.807, 2.05) is 55.5 Å². The summed E-state index contributed by atoms with van der Waals surface area (Å²) in [6, 6.07) is 15.7. The maximum absolute atomic E-state index is 12.4. The summed E-state index contributed by atoms with van der Waals surface area (Å²) in [4.78, 5) is 26.1. The van der Waals surface area contributed by atoms with Crippen molar-refractivity contribution in [2.24, 2.45) is 11.7 Å². The first-order chi connectivity index (χ1) is 16.0. The number of primary amides is 1. The van der Waals surface area contributed by atoms with Crippen LogP contribution < -0.4 is 11.1 Å². The molecule has 1 aromatic heterocycles. The van der Waals surface area contributed by atoms with Gasteiger partial charge in [0.15, 0.2) is 0 Å². The number of benzene rings is 2. The molecule has 0 aliphatic carbocycles. The van der Waals surface area contributed by atoms with Crippen LogP contribution in [0.4, 0.5) is 5.69 Å². The van der Waals surface area contributed by atoms with Gasteiger partial charge in [0, 0.05) is 36.6 Å². The topological polar surface area (TPSA) is 114 Å². The van der Waals surface area contributed by atoms with E-state index >= 15 is 0 Å². The lowest BCUT2D eigenvalue weighted by atomic mass is 9.96. The number of rotatable bonds is 8. The second-order valence-corrected chi connectivity index (χ2v) is 8.57. The minimum absolute atomic E-state index is 0.0151. The fourth-order valence-corrected chi connectivity index (χ4v) is 3.99. The third-order valence-corrected chi connectivity index (χ3v) is 5.94. The van der Waals surface area contributed by atoms with Gasteiger partial charge in [-0.15, -0.1) is 10.2 Å². The number of hydrogen-bond donors (Lipinski definition) is 2. The molecule has 0 atom stereocenters. The molecule has 1 fully saturated rings. The molecular weight excluding hydrogens is 418 g/mol. The summed E-state index contributed by atoms with van der Waals surface area (Å²) in [5, 5.41) is 11.1. The third kappa shape index (κ3) is 6.26. The van der Waals surface area contributed by atoms with Gasteiger partial charge in [0.05, 0.1) is 0 Å². The number of nitrogens with zero attached hydrogens (tertiary/aromatic N) is 3. The highest BCUT2D eigenvalue weighted by Gasteiger charge is 2.23. The third-order valence-electron chi connectivity index (χ3n) is 5.94. The average Bonchev–Trinajstić information content (AvgIpc) is 3.28. The Balaban J connectivity index is 1.26. The Morgan fingerprint density at radius 1 is 1.12 bits per heavy atom. The van der Waals surface area contributed by atoms with E-state index in [9.17, 15) is 9.59 Å². The molecule has 2 heterocycles. The normalized spacial score (nSPS) is 14.8. The molecular formula is C25H29N5O3. The standard InChI is InChI=1S/C25H29N5O3/c1-17-5-7-20(8-6-17)25-29-28-23(33-25)10-9-22(31)27-21-4-2-3-18(15-21)16-30-13-11-19(12-14-30)24(26)32/h2-8,15,19H,9-14,16H2,1H3,(H2,26,32)(H,27,31). The lowest BCUT2D eigenvalue weighted by Crippen LogP contribution is -2.38. The van der Waals surface area contributed by atoms with Gasteiger partial charge in [0.1, 0.15) is 0 Å². The van der Waals surface area contributed by atoms with Crippen molar-refractivity contribution in [2.75, 3.05) is 18.4 Å². The van der Waals surface area contributed by atoms with Crippen molar-refractivity contribution in [3.05, 3.63) is 65.5 Å². The van der Waals surface area contributed by atoms with E-state index in [4.69, 9.17) is 10.2 Å². The van der Waals surface area contributed by atoms with Crippen molar-refractivity contribution < 1.29 is 14.0 Å². The largest absolute Gasteiger partial charge is 0.421 e. The molecule has 2 amide bonds. The van der Waals surface area contributed by atoms with Gasteiger partial charge in [-0.05, 0) is 62.7 Å². The predicted molar refractivity (Wildman–Crippen MR) is 125 cm³/mol. The molecule has 0 unspecified atom stereocenters. The van der Waals surface area contributed by atoms with E-state index in [0.29, 0.717) is 18.2 Å². The van der Waals surface area contributed by atoms with Crippen LogP contribution in [-0.4, -0.2) is 40.0 Å². The zero-order chi connectivity index (χ0) is 23.2. The minimum Gasteiger partial charge on any atom is -0.421 e. The van der Waals surface area contributed by atoms with E-state index in [2.05, 4.69) is 20.4 Å². The summed E-state index contributed by atoms with van der Waals surface area (Å²) in [6.45, 7) is 4.49. The van der Waals surface area contributed by atoms with Crippen molar-refractivity contribution in [1.29, 1.82) is 0 Å². The van der Waals surface area contributed by atoms with Gasteiger partial charge in [0.25, 0.3) is 0 Å². The van der Waals surface area contributed by atoms with Gasteiger partial charge in [-0.1, -0.05) is 29.8 Å². The average molecular weight is 448 g/mol. The van der Waals surface area contributed by atoms with Gasteiger partial charge in [-0.25, -0.2) is 0 Å². The minimum atomic E-state index is -0.203. The molecule has 3 N–H and O–H groups in total. The molecule has 172 valence electrons. The van der Waals surface area contributed by atoms with E-state index < -0.39 is 0 Å². The molecule has 4 rings (SSSR count). The molecule has 8 heteroatoms. The number of nitrogens with one attached hydrogen (secondary N) is 1. The van der Waals surface area contributed by atoms with Crippen molar-refractivity contribution in [3.63, 3.8) is 0 Å². The fraction of sp³-hybridized carbons (Fsp3) is 0.360. The Bertz CT molecular complexity index is 1100. The van der Waals surface area contributed by atoms with Crippen LogP contribution in [-0.2, 0) is 22.6 Å². The number of aromatic nitrogens is 2. The maximum atomic E-state index is 12.4. The summed E-state index contributed by atoms with van der Waals surface area (Å²) >= 11 is 0. The van der Waals surface area contributed by atoms with Gasteiger partial charge >= 0.3 is 0 Å². The monoisotopic (exact) mass is 447 g/mol. The highest BCUT2D eigenvalue weighted by Crippen LogP contribution is 2.21. The molecule has 1 saturated heterocycles. The van der Waals surface area contributed by atoms with Gasteiger partial charge in [-0.3, -0.25) is 14.5 Å². The summed E-state index contributed by atoms with van der Waals surface area (Å²) in [6.07, 6.45) is 2.22. The molecule has 1 aliphatic rings. The van der Waals surface area contributed by atoms with Crippen LogP contribution in [0.2, 0.25) is 0 Å². The Morgan fingerprint density at radius 2 is 1.88 bits per heavy atom. The highest BCUT2D eigenvalue weighted by molar-refractivity contribution is 5.90. The van der Waals surface area contributed by atoms with E-state index in [-0.39, 0.29) is 24.2 Å². The number of likely N-dealkylation sites (tertiary alicyclic amines) is 1. The summed E-state index contributed by atoms with van der Waals surface area (Å²) < 4.78 is 5.70. The summed E-state index contributed by atoms with van der Waals surface area (Å²) in [5.74, 6) is 0.571. The Kier molecular flexibility index (Phi) is 7.14. The molecule has 0 radical (unpaired) electrons. The molecule has 0 saturated carbocycles. The molecule has 8 nitrogen and oxygen atoms in total. The zero-order valence-electron chi connectivity index (χ0n) is 18.8. The quantitative estimate of drug-likeness (QED) is 0.548. The maximum Gasteiger partial charge on any atom is 0.247 e. The fourth-order valence-electron chi connectivity index (χ4n) is 3.99. The lowest BCUT2D eigenvalue weighted by Gasteiger charge is -2.30. The van der Waals surface area contributed by atoms with Crippen LogP contribution in [0, 0.1) is 12.8 Å². The Labute approximate surface area is 193 Å². The molecule has 3 aromatic rings. The van der Waals surface area contributed by atoms with Crippen molar-refractivity contribution >= 4 is 17.5 Å². The SMILES string of the molecule is Cc1ccc(-c2nnc(CCC(=O)Nc3cccc(CN4CCC(C(N)=O)CC4)c3)o2)cc1. The second-order valence-electron chi connectivity index (χ2n) is 8.57. The van der Waals surface area contributed by atoms with Gasteiger partial charge in [0.2, 0.25) is 23.6 Å². The van der Waals surface area contributed by atoms with Crippen LogP contribution in [0.15, 0.2) is 52.9 Å². The first-order valence-electron chi connectivity index (χ1n) is 11.3. The lowest BCUT2D eigenvalue weighted by molar-refractivity contribution is -0.123. The molecule has 1 aliphatic heterocycles. The van der Waals surface area contributed by atoms with E-state index in [1.54, 1.807) is 0 Å². The Hall–Kier alpha value is -3.52. The summed E-state index contributed by atoms with van der Waals surface area (Å²) in [7, 11) is 0. The van der Waals surface area contributed by atoms with Crippen molar-refractivity contribution in [2.45, 2.75) is 39.2 Å². The second kappa shape index (κ2) is 10.4. The number of carbonyl (C=O) groups excluding carboxylic acids is 2. The number of amides is 2. The Morgan fingerprint density at radius 3 is 2.61 bits per heavy atom. The first-order valence-corrected chi connectivity index (χ1v) is 11.3. The van der Waals surface area contributed by atoms with Crippen LogP contribution in [0.25, 0.3) is 11.5 Å². The number of piperidine rings is 1. The highest BCUT2D eigenvalue weighted by atomic mass is 16.4. The van der Waals surface area contributed by atoms with Gasteiger partial charge < -0.3 is 15.5 Å². The van der Waals surface area contributed by atoms with E-state index in [0.717, 1.165) is 54.9 Å². The van der Waals surface area contributed by atoms with Crippen LogP contribution in [0.5, 0.6) is 0 Å². The first kappa shape index (κ1) is 22.7. The van der Waals surface area contributed by atoms with Crippen LogP contribution in [0.1, 0.15) is 36.3 Å². The molecule has 0 spiro atoms. The molecule has 33 heavy (non-hydrogen) atoms. The molecule has 0 bridgehead atoms. The predicted octanol–water partition coefficient (Wildman–Crippen LogP) is 3.31. The van der Waals surface area contributed by atoms with Crippen molar-refractivity contribution in [3.8, 4) is 11.5 Å². The molecule has 2 aromatic carbocycles. The zero-order valence-corrected chi connectivity index (χ0v) is 18.8. The smallest absolute Gasteiger partial charge is 0.247 e. The van der Waals surface area contributed by atoms with Gasteiger partial charge in [-0.2, -0.15) is 0 Å². The number of anilines is 1. The van der Waals surface area contributed by atoms with Crippen LogP contribution in [0.3, 0.4) is 0 Å².